The van der Waals surface area contributed by atoms with Crippen molar-refractivity contribution in [2.24, 2.45) is 0 Å². The average Bonchev–Trinajstić information content (AvgIpc) is 3.01. The zero-order chi connectivity index (χ0) is 16.1. The van der Waals surface area contributed by atoms with Gasteiger partial charge in [0.25, 0.3) is 11.8 Å². The third-order valence-corrected chi connectivity index (χ3v) is 3.86. The fraction of sp³-hybridized carbons (Fsp3) is 0.133. The van der Waals surface area contributed by atoms with E-state index < -0.39 is 0 Å². The molecule has 0 aliphatic heterocycles. The largest absolute Gasteiger partial charge is 0.345 e. The maximum Gasteiger partial charge on any atom is 0.267 e. The molecule has 7 heteroatoms. The third-order valence-electron chi connectivity index (χ3n) is 2.78. The van der Waals surface area contributed by atoms with Crippen LogP contribution in [0.2, 0.25) is 0 Å². The Morgan fingerprint density at radius 1 is 1.14 bits per heavy atom. The molecule has 1 heterocycles. The summed E-state index contributed by atoms with van der Waals surface area (Å²) in [6.07, 6.45) is 0. The van der Waals surface area contributed by atoms with E-state index in [4.69, 9.17) is 12.2 Å². The first-order valence-corrected chi connectivity index (χ1v) is 7.74. The number of nitrogens with one attached hydrogen (secondary N) is 2. The molecule has 2 rings (SSSR count). The Labute approximate surface area is 137 Å². The van der Waals surface area contributed by atoms with Gasteiger partial charge in [-0.2, -0.15) is 0 Å². The fourth-order valence-corrected chi connectivity index (χ4v) is 2.57. The van der Waals surface area contributed by atoms with Gasteiger partial charge in [0.2, 0.25) is 0 Å². The van der Waals surface area contributed by atoms with E-state index in [0.29, 0.717) is 16.1 Å². The molecule has 1 aromatic carbocycles. The number of benzene rings is 1. The molecule has 1 aromatic heterocycles. The van der Waals surface area contributed by atoms with Crippen LogP contribution in [-0.4, -0.2) is 35.9 Å². The standard InChI is InChI=1S/C15H15N3O2S2/c1-18(2)14(20)10-6-3-4-7-11(10)16-15(21)17-13(19)12-8-5-9-22-12/h3-9H,1-2H3,(H2,16,17,19,21). The van der Waals surface area contributed by atoms with Crippen molar-refractivity contribution in [3.05, 3.63) is 52.2 Å². The number of rotatable bonds is 3. The van der Waals surface area contributed by atoms with Crippen LogP contribution in [0.3, 0.4) is 0 Å². The van der Waals surface area contributed by atoms with E-state index in [2.05, 4.69) is 10.6 Å². The van der Waals surface area contributed by atoms with Crippen molar-refractivity contribution in [1.82, 2.24) is 10.2 Å². The van der Waals surface area contributed by atoms with Crippen LogP contribution in [0.15, 0.2) is 41.8 Å². The summed E-state index contributed by atoms with van der Waals surface area (Å²) in [6.45, 7) is 0. The van der Waals surface area contributed by atoms with E-state index in [1.54, 1.807) is 50.5 Å². The van der Waals surface area contributed by atoms with E-state index in [1.165, 1.54) is 16.2 Å². The molecular weight excluding hydrogens is 318 g/mol. The first kappa shape index (κ1) is 16.1. The Morgan fingerprint density at radius 3 is 2.50 bits per heavy atom. The van der Waals surface area contributed by atoms with E-state index in [-0.39, 0.29) is 16.9 Å². The summed E-state index contributed by atoms with van der Waals surface area (Å²) in [6, 6.07) is 10.5. The molecule has 0 bridgehead atoms. The summed E-state index contributed by atoms with van der Waals surface area (Å²) >= 11 is 6.47. The Hall–Kier alpha value is -2.25. The molecule has 114 valence electrons. The third kappa shape index (κ3) is 3.90. The lowest BCUT2D eigenvalue weighted by Crippen LogP contribution is -2.34. The predicted molar refractivity (Wildman–Crippen MR) is 92.5 cm³/mol. The zero-order valence-corrected chi connectivity index (χ0v) is 13.8. The number of amides is 2. The van der Waals surface area contributed by atoms with Gasteiger partial charge in [0.1, 0.15) is 0 Å². The fourth-order valence-electron chi connectivity index (χ4n) is 1.75. The van der Waals surface area contributed by atoms with Gasteiger partial charge in [-0.05, 0) is 35.8 Å². The predicted octanol–water partition coefficient (Wildman–Crippen LogP) is 2.58. The Morgan fingerprint density at radius 2 is 1.86 bits per heavy atom. The number of anilines is 1. The van der Waals surface area contributed by atoms with Gasteiger partial charge in [-0.15, -0.1) is 11.3 Å². The van der Waals surface area contributed by atoms with Gasteiger partial charge < -0.3 is 10.2 Å². The van der Waals surface area contributed by atoms with Gasteiger partial charge in [0, 0.05) is 14.1 Å². The number of carbonyl (C=O) groups is 2. The molecule has 22 heavy (non-hydrogen) atoms. The summed E-state index contributed by atoms with van der Waals surface area (Å²) in [5.74, 6) is -0.417. The lowest BCUT2D eigenvalue weighted by Gasteiger charge is -2.15. The van der Waals surface area contributed by atoms with Crippen molar-refractivity contribution < 1.29 is 9.59 Å². The van der Waals surface area contributed by atoms with Gasteiger partial charge in [0.05, 0.1) is 16.1 Å². The number of nitrogens with zero attached hydrogens (tertiary/aromatic N) is 1. The Kier molecular flexibility index (Phi) is 5.24. The maximum absolute atomic E-state index is 12.1. The molecule has 0 radical (unpaired) electrons. The van der Waals surface area contributed by atoms with E-state index in [9.17, 15) is 9.59 Å². The molecule has 0 atom stereocenters. The van der Waals surface area contributed by atoms with Crippen LogP contribution >= 0.6 is 23.6 Å². The molecule has 2 aromatic rings. The summed E-state index contributed by atoms with van der Waals surface area (Å²) in [5.41, 5.74) is 1.04. The van der Waals surface area contributed by atoms with Gasteiger partial charge in [0.15, 0.2) is 5.11 Å². The molecule has 0 saturated heterocycles. The summed E-state index contributed by atoms with van der Waals surface area (Å²) in [7, 11) is 3.35. The quantitative estimate of drug-likeness (QED) is 0.848. The molecule has 0 unspecified atom stereocenters. The molecule has 0 aliphatic carbocycles. The number of carbonyl (C=O) groups excluding carboxylic acids is 2. The van der Waals surface area contributed by atoms with Crippen LogP contribution in [0, 0.1) is 0 Å². The Balaban J connectivity index is 2.09. The van der Waals surface area contributed by atoms with Crippen molar-refractivity contribution in [3.8, 4) is 0 Å². The highest BCUT2D eigenvalue weighted by Crippen LogP contribution is 2.16. The summed E-state index contributed by atoms with van der Waals surface area (Å²) in [5, 5.41) is 7.46. The zero-order valence-electron chi connectivity index (χ0n) is 12.1. The van der Waals surface area contributed by atoms with E-state index >= 15 is 0 Å². The number of para-hydroxylation sites is 1. The van der Waals surface area contributed by atoms with Crippen LogP contribution in [0.4, 0.5) is 5.69 Å². The lowest BCUT2D eigenvalue weighted by molar-refractivity contribution is 0.0828. The lowest BCUT2D eigenvalue weighted by atomic mass is 10.1. The van der Waals surface area contributed by atoms with Crippen LogP contribution in [0.1, 0.15) is 20.0 Å². The second-order valence-electron chi connectivity index (χ2n) is 4.63. The minimum absolute atomic E-state index is 0.143. The highest BCUT2D eigenvalue weighted by molar-refractivity contribution is 7.80. The molecule has 0 fully saturated rings. The molecule has 5 nitrogen and oxygen atoms in total. The molecule has 0 saturated carbocycles. The van der Waals surface area contributed by atoms with Crippen molar-refractivity contribution in [3.63, 3.8) is 0 Å². The van der Waals surface area contributed by atoms with Crippen molar-refractivity contribution >= 4 is 46.2 Å². The average molecular weight is 333 g/mol. The van der Waals surface area contributed by atoms with Crippen molar-refractivity contribution in [1.29, 1.82) is 0 Å². The molecular formula is C15H15N3O2S2. The van der Waals surface area contributed by atoms with Crippen LogP contribution in [0.25, 0.3) is 0 Å². The van der Waals surface area contributed by atoms with E-state index in [0.717, 1.165) is 0 Å². The topological polar surface area (TPSA) is 61.4 Å². The maximum atomic E-state index is 12.1. The highest BCUT2D eigenvalue weighted by Gasteiger charge is 2.14. The van der Waals surface area contributed by atoms with Crippen molar-refractivity contribution in [2.45, 2.75) is 0 Å². The Bertz CT molecular complexity index is 697. The summed E-state index contributed by atoms with van der Waals surface area (Å²) in [4.78, 5) is 26.1. The first-order chi connectivity index (χ1) is 10.5. The number of hydrogen-bond donors (Lipinski definition) is 2. The molecule has 0 aliphatic rings. The SMILES string of the molecule is CN(C)C(=O)c1ccccc1NC(=S)NC(=O)c1cccs1. The minimum atomic E-state index is -0.274. The molecule has 2 N–H and O–H groups in total. The molecule has 0 spiro atoms. The van der Waals surface area contributed by atoms with E-state index in [1.807, 2.05) is 5.38 Å². The van der Waals surface area contributed by atoms with Gasteiger partial charge in [-0.1, -0.05) is 18.2 Å². The second-order valence-corrected chi connectivity index (χ2v) is 5.99. The van der Waals surface area contributed by atoms with Crippen LogP contribution in [-0.2, 0) is 0 Å². The second kappa shape index (κ2) is 7.15. The number of thiophene rings is 1. The number of thiocarbonyl (C=S) groups is 1. The smallest absolute Gasteiger partial charge is 0.267 e. The highest BCUT2D eigenvalue weighted by atomic mass is 32.1. The van der Waals surface area contributed by atoms with Crippen LogP contribution in [0.5, 0.6) is 0 Å². The van der Waals surface area contributed by atoms with Crippen molar-refractivity contribution in [2.75, 3.05) is 19.4 Å². The normalized spacial score (nSPS) is 9.91. The first-order valence-electron chi connectivity index (χ1n) is 6.45. The van der Waals surface area contributed by atoms with Gasteiger partial charge in [-0.25, -0.2) is 0 Å². The summed E-state index contributed by atoms with van der Waals surface area (Å²) < 4.78 is 0. The van der Waals surface area contributed by atoms with Gasteiger partial charge >= 0.3 is 0 Å². The monoisotopic (exact) mass is 333 g/mol. The molecule has 2 amide bonds. The minimum Gasteiger partial charge on any atom is -0.345 e. The number of hydrogen-bond acceptors (Lipinski definition) is 4. The van der Waals surface area contributed by atoms with Gasteiger partial charge in [-0.3, -0.25) is 14.9 Å². The van der Waals surface area contributed by atoms with Crippen LogP contribution < -0.4 is 10.6 Å².